The maximum absolute atomic E-state index is 11.2. The Morgan fingerprint density at radius 2 is 1.22 bits per heavy atom. The highest BCUT2D eigenvalue weighted by atomic mass is 79.9. The number of carbonyl (C=O) groups is 2. The predicted octanol–water partition coefficient (Wildman–Crippen LogP) is 3.20. The van der Waals surface area contributed by atoms with E-state index in [1.165, 1.54) is 0 Å². The van der Waals surface area contributed by atoms with Gasteiger partial charge in [0.1, 0.15) is 0 Å². The van der Waals surface area contributed by atoms with Crippen LogP contribution in [0.2, 0.25) is 0 Å². The van der Waals surface area contributed by atoms with Crippen LogP contribution in [-0.2, 0) is 19.1 Å². The van der Waals surface area contributed by atoms with Gasteiger partial charge in [-0.1, -0.05) is 45.7 Å². The van der Waals surface area contributed by atoms with Crippen LogP contribution in [0.15, 0.2) is 0 Å². The van der Waals surface area contributed by atoms with Crippen LogP contribution in [0.1, 0.15) is 39.5 Å². The minimum absolute atomic E-state index is 0.136. The van der Waals surface area contributed by atoms with Crippen molar-refractivity contribution in [1.29, 1.82) is 0 Å². The Kier molecular flexibility index (Phi) is 10.7. The molecule has 0 N–H and O–H groups in total. The zero-order valence-corrected chi connectivity index (χ0v) is 14.0. The molecular formula is C12H20Br2O4. The molecule has 0 bridgehead atoms. The first-order valence-electron chi connectivity index (χ1n) is 6.01. The number of hydrogen-bond acceptors (Lipinski definition) is 4. The molecule has 2 atom stereocenters. The fourth-order valence-electron chi connectivity index (χ4n) is 1.15. The van der Waals surface area contributed by atoms with Crippen LogP contribution in [0.4, 0.5) is 0 Å². The normalized spacial score (nSPS) is 13.8. The van der Waals surface area contributed by atoms with Gasteiger partial charge in [0, 0.05) is 9.65 Å². The number of esters is 2. The third-order valence-electron chi connectivity index (χ3n) is 1.96. The molecule has 18 heavy (non-hydrogen) atoms. The molecule has 0 aliphatic heterocycles. The Hall–Kier alpha value is -0.100. The van der Waals surface area contributed by atoms with E-state index in [0.717, 1.165) is 0 Å². The van der Waals surface area contributed by atoms with Gasteiger partial charge >= 0.3 is 11.9 Å². The van der Waals surface area contributed by atoms with Gasteiger partial charge in [0.2, 0.25) is 0 Å². The molecule has 0 radical (unpaired) electrons. The van der Waals surface area contributed by atoms with Crippen molar-refractivity contribution < 1.29 is 19.1 Å². The Bertz CT molecular complexity index is 228. The van der Waals surface area contributed by atoms with Gasteiger partial charge in [-0.15, -0.1) is 0 Å². The van der Waals surface area contributed by atoms with E-state index in [9.17, 15) is 9.59 Å². The van der Waals surface area contributed by atoms with Crippen molar-refractivity contribution in [3.05, 3.63) is 0 Å². The Morgan fingerprint density at radius 3 is 1.50 bits per heavy atom. The molecule has 0 aromatic carbocycles. The van der Waals surface area contributed by atoms with Crippen LogP contribution >= 0.6 is 31.9 Å². The Balaban J connectivity index is 3.36. The van der Waals surface area contributed by atoms with Crippen LogP contribution < -0.4 is 0 Å². The predicted molar refractivity (Wildman–Crippen MR) is 77.2 cm³/mol. The zero-order valence-electron chi connectivity index (χ0n) is 10.8. The van der Waals surface area contributed by atoms with Gasteiger partial charge in [-0.05, 0) is 12.8 Å². The third kappa shape index (κ3) is 12.4. The first-order chi connectivity index (χ1) is 8.41. The molecule has 0 aromatic rings. The topological polar surface area (TPSA) is 52.6 Å². The lowest BCUT2D eigenvalue weighted by Gasteiger charge is -2.07. The molecule has 0 amide bonds. The lowest BCUT2D eigenvalue weighted by molar-refractivity contribution is -0.146. The number of rotatable bonds is 9. The van der Waals surface area contributed by atoms with Gasteiger partial charge in [-0.2, -0.15) is 0 Å². The zero-order chi connectivity index (χ0) is 14.0. The highest BCUT2D eigenvalue weighted by Gasteiger charge is 2.08. The van der Waals surface area contributed by atoms with Crippen molar-refractivity contribution in [3.8, 4) is 0 Å². The third-order valence-corrected chi connectivity index (χ3v) is 2.61. The maximum Gasteiger partial charge on any atom is 0.306 e. The van der Waals surface area contributed by atoms with E-state index in [1.54, 1.807) is 0 Å². The minimum atomic E-state index is -0.204. The van der Waals surface area contributed by atoms with Crippen LogP contribution in [-0.4, -0.2) is 34.8 Å². The fourth-order valence-corrected chi connectivity index (χ4v) is 1.68. The van der Waals surface area contributed by atoms with Crippen LogP contribution in [0.3, 0.4) is 0 Å². The molecule has 6 heteroatoms. The summed E-state index contributed by atoms with van der Waals surface area (Å²) >= 11 is 6.56. The number of ether oxygens (including phenoxy) is 2. The standard InChI is InChI=1S/C12H20Br2O4/c1-9(13)7-11(15)17-5-3-4-6-18-12(16)8-10(2)14/h9-10H,3-8H2,1-2H3. The summed E-state index contributed by atoms with van der Waals surface area (Å²) in [7, 11) is 0. The Morgan fingerprint density at radius 1 is 0.889 bits per heavy atom. The van der Waals surface area contributed by atoms with E-state index in [4.69, 9.17) is 9.47 Å². The van der Waals surface area contributed by atoms with E-state index in [2.05, 4.69) is 31.9 Å². The SMILES string of the molecule is CC(Br)CC(=O)OCCCCOC(=O)CC(C)Br. The molecule has 2 unspecified atom stereocenters. The lowest BCUT2D eigenvalue weighted by Crippen LogP contribution is -2.12. The van der Waals surface area contributed by atoms with Gasteiger partial charge in [0.25, 0.3) is 0 Å². The molecular weight excluding hydrogens is 368 g/mol. The van der Waals surface area contributed by atoms with Crippen molar-refractivity contribution in [1.82, 2.24) is 0 Å². The van der Waals surface area contributed by atoms with Gasteiger partial charge in [0.15, 0.2) is 0 Å². The average molecular weight is 388 g/mol. The van der Waals surface area contributed by atoms with E-state index in [0.29, 0.717) is 38.9 Å². The molecule has 0 aromatic heterocycles. The van der Waals surface area contributed by atoms with Crippen molar-refractivity contribution >= 4 is 43.8 Å². The molecule has 0 heterocycles. The summed E-state index contributed by atoms with van der Waals surface area (Å²) < 4.78 is 10.0. The molecule has 0 rings (SSSR count). The summed E-state index contributed by atoms with van der Waals surface area (Å²) in [4.78, 5) is 22.6. The van der Waals surface area contributed by atoms with E-state index in [1.807, 2.05) is 13.8 Å². The molecule has 0 saturated carbocycles. The summed E-state index contributed by atoms with van der Waals surface area (Å²) in [6.45, 7) is 4.55. The second-order valence-electron chi connectivity index (χ2n) is 4.12. The molecule has 4 nitrogen and oxygen atoms in total. The Labute approximate surface area is 125 Å². The summed E-state index contributed by atoms with van der Waals surface area (Å²) in [6, 6.07) is 0. The average Bonchev–Trinajstić information content (AvgIpc) is 2.20. The number of halogens is 2. The molecule has 0 fully saturated rings. The van der Waals surface area contributed by atoms with Crippen molar-refractivity contribution in [2.75, 3.05) is 13.2 Å². The number of alkyl halides is 2. The van der Waals surface area contributed by atoms with E-state index >= 15 is 0 Å². The van der Waals surface area contributed by atoms with Crippen LogP contribution in [0, 0.1) is 0 Å². The maximum atomic E-state index is 11.2. The van der Waals surface area contributed by atoms with Gasteiger partial charge in [0.05, 0.1) is 26.1 Å². The molecule has 0 aliphatic carbocycles. The van der Waals surface area contributed by atoms with E-state index < -0.39 is 0 Å². The largest absolute Gasteiger partial charge is 0.466 e. The monoisotopic (exact) mass is 386 g/mol. The quantitative estimate of drug-likeness (QED) is 0.346. The molecule has 0 saturated heterocycles. The van der Waals surface area contributed by atoms with Crippen LogP contribution in [0.5, 0.6) is 0 Å². The number of hydrogen-bond donors (Lipinski definition) is 0. The summed E-state index contributed by atoms with van der Waals surface area (Å²) in [5, 5.41) is 0. The highest BCUT2D eigenvalue weighted by molar-refractivity contribution is 9.09. The second-order valence-corrected chi connectivity index (χ2v) is 7.24. The highest BCUT2D eigenvalue weighted by Crippen LogP contribution is 2.06. The van der Waals surface area contributed by atoms with Crippen LogP contribution in [0.25, 0.3) is 0 Å². The second kappa shape index (κ2) is 10.8. The van der Waals surface area contributed by atoms with Crippen molar-refractivity contribution in [3.63, 3.8) is 0 Å². The smallest absolute Gasteiger partial charge is 0.306 e. The van der Waals surface area contributed by atoms with Crippen molar-refractivity contribution in [2.45, 2.75) is 49.2 Å². The fraction of sp³-hybridized carbons (Fsp3) is 0.833. The molecule has 0 spiro atoms. The summed E-state index contributed by atoms with van der Waals surface area (Å²) in [5.74, 6) is -0.408. The molecule has 106 valence electrons. The summed E-state index contributed by atoms with van der Waals surface area (Å²) in [6.07, 6.45) is 2.16. The first kappa shape index (κ1) is 17.9. The summed E-state index contributed by atoms with van der Waals surface area (Å²) in [5.41, 5.74) is 0. The van der Waals surface area contributed by atoms with Gasteiger partial charge < -0.3 is 9.47 Å². The van der Waals surface area contributed by atoms with Gasteiger partial charge in [-0.25, -0.2) is 0 Å². The number of carbonyl (C=O) groups excluding carboxylic acids is 2. The number of unbranched alkanes of at least 4 members (excludes halogenated alkanes) is 1. The lowest BCUT2D eigenvalue weighted by atomic mass is 10.3. The van der Waals surface area contributed by atoms with Crippen molar-refractivity contribution in [2.24, 2.45) is 0 Å². The first-order valence-corrected chi connectivity index (χ1v) is 7.84. The van der Waals surface area contributed by atoms with Gasteiger partial charge in [-0.3, -0.25) is 9.59 Å². The van der Waals surface area contributed by atoms with E-state index in [-0.39, 0.29) is 21.6 Å². The minimum Gasteiger partial charge on any atom is -0.466 e. The molecule has 0 aliphatic rings.